The number of rotatable bonds is 2. The molecule has 1 aromatic carbocycles. The molecule has 6 nitrogen and oxygen atoms in total. The van der Waals surface area contributed by atoms with Gasteiger partial charge in [-0.25, -0.2) is 0 Å². The van der Waals surface area contributed by atoms with Gasteiger partial charge in [0.2, 0.25) is 0 Å². The first-order chi connectivity index (χ1) is 10.3. The first kappa shape index (κ1) is 14.9. The van der Waals surface area contributed by atoms with Crippen LogP contribution in [0.15, 0.2) is 53.4 Å². The minimum Gasteiger partial charge on any atom is -0.508 e. The van der Waals surface area contributed by atoms with Gasteiger partial charge < -0.3 is 19.5 Å². The van der Waals surface area contributed by atoms with Crippen molar-refractivity contribution in [1.29, 1.82) is 0 Å². The molecule has 7 heteroatoms. The molecular weight excluding hydrogens is 357 g/mol. The standard InChI is InChI=1S/C15H9N4O2.Y/c20-11-3-1-2-10(8-11)13-14(12-4-5-16-9-17-12)19-6-7-21-15(19)18-13;/h1-8,20H;/q-1;. The molecule has 0 fully saturated rings. The predicted octanol–water partition coefficient (Wildman–Crippen LogP) is 2.55. The molecule has 1 N–H and O–H groups in total. The first-order valence-corrected chi connectivity index (χ1v) is 6.27. The van der Waals surface area contributed by atoms with E-state index < -0.39 is 0 Å². The van der Waals surface area contributed by atoms with Gasteiger partial charge in [-0.15, -0.1) is 6.07 Å². The van der Waals surface area contributed by atoms with E-state index in [-0.39, 0.29) is 38.5 Å². The third kappa shape index (κ3) is 2.44. The number of imidazole rings is 1. The molecule has 3 heterocycles. The molecule has 0 saturated heterocycles. The van der Waals surface area contributed by atoms with E-state index in [2.05, 4.69) is 21.3 Å². The zero-order valence-electron chi connectivity index (χ0n) is 11.3. The summed E-state index contributed by atoms with van der Waals surface area (Å²) in [6.07, 6.45) is 7.52. The fraction of sp³-hybridized carbons (Fsp3) is 0. The minimum atomic E-state index is 0. The largest absolute Gasteiger partial charge is 0.508 e. The van der Waals surface area contributed by atoms with Crippen LogP contribution in [0.2, 0.25) is 0 Å². The summed E-state index contributed by atoms with van der Waals surface area (Å²) in [6, 6.07) is 8.68. The van der Waals surface area contributed by atoms with Gasteiger partial charge >= 0.3 is 5.84 Å². The number of nitrogens with zero attached hydrogens (tertiary/aromatic N) is 4. The van der Waals surface area contributed by atoms with Crippen LogP contribution < -0.4 is 0 Å². The van der Waals surface area contributed by atoms with E-state index in [0.29, 0.717) is 17.2 Å². The van der Waals surface area contributed by atoms with E-state index in [0.717, 1.165) is 11.3 Å². The van der Waals surface area contributed by atoms with Crippen molar-refractivity contribution in [3.63, 3.8) is 0 Å². The Morgan fingerprint density at radius 3 is 2.91 bits per heavy atom. The monoisotopic (exact) mass is 366 g/mol. The molecule has 3 aromatic heterocycles. The maximum atomic E-state index is 9.67. The van der Waals surface area contributed by atoms with E-state index in [1.165, 1.54) is 0 Å². The third-order valence-electron chi connectivity index (χ3n) is 3.16. The van der Waals surface area contributed by atoms with Crippen molar-refractivity contribution in [2.45, 2.75) is 0 Å². The molecule has 0 aliphatic rings. The third-order valence-corrected chi connectivity index (χ3v) is 3.16. The molecular formula is C15H9N4O2Y-. The van der Waals surface area contributed by atoms with Crippen molar-refractivity contribution < 1.29 is 42.2 Å². The summed E-state index contributed by atoms with van der Waals surface area (Å²) in [5.74, 6) is 0.638. The molecule has 0 aliphatic heterocycles. The smallest absolute Gasteiger partial charge is 0.305 e. The Bertz CT molecular complexity index is 918. The fourth-order valence-electron chi connectivity index (χ4n) is 2.28. The summed E-state index contributed by atoms with van der Waals surface area (Å²) >= 11 is 0. The predicted molar refractivity (Wildman–Crippen MR) is 74.4 cm³/mol. The van der Waals surface area contributed by atoms with Gasteiger partial charge in [-0.3, -0.25) is 4.40 Å². The molecule has 0 saturated carbocycles. The average molecular weight is 366 g/mol. The molecule has 0 aliphatic carbocycles. The SMILES string of the molecule is Oc1cccc(-c2nc3occn3c2-c2ccn[c-]n2)c1.[Y]. The van der Waals surface area contributed by atoms with E-state index in [4.69, 9.17) is 4.42 Å². The maximum Gasteiger partial charge on any atom is 0.305 e. The molecule has 0 amide bonds. The second kappa shape index (κ2) is 5.98. The van der Waals surface area contributed by atoms with E-state index in [1.807, 2.05) is 6.07 Å². The number of oxazole rings is 1. The quantitative estimate of drug-likeness (QED) is 0.552. The Kier molecular flexibility index (Phi) is 4.05. The summed E-state index contributed by atoms with van der Waals surface area (Å²) in [5, 5.41) is 9.67. The minimum absolute atomic E-state index is 0. The molecule has 0 atom stereocenters. The summed E-state index contributed by atoms with van der Waals surface area (Å²) in [6.45, 7) is 0. The zero-order chi connectivity index (χ0) is 14.2. The number of hydrogen-bond donors (Lipinski definition) is 1. The van der Waals surface area contributed by atoms with Gasteiger partial charge in [-0.2, -0.15) is 4.98 Å². The first-order valence-electron chi connectivity index (χ1n) is 6.27. The summed E-state index contributed by atoms with van der Waals surface area (Å²) in [5.41, 5.74) is 2.90. The van der Waals surface area contributed by atoms with Crippen LogP contribution in [0.5, 0.6) is 5.75 Å². The maximum absolute atomic E-state index is 9.67. The molecule has 0 spiro atoms. The van der Waals surface area contributed by atoms with Gasteiger partial charge in [0, 0.05) is 56.5 Å². The van der Waals surface area contributed by atoms with Gasteiger partial charge in [-0.05, 0) is 17.8 Å². The number of aromatic hydroxyl groups is 1. The van der Waals surface area contributed by atoms with Gasteiger partial charge in [0.1, 0.15) is 12.0 Å². The van der Waals surface area contributed by atoms with Crippen LogP contribution in [0, 0.1) is 6.33 Å². The Labute approximate surface area is 150 Å². The van der Waals surface area contributed by atoms with Crippen molar-refractivity contribution in [3.05, 3.63) is 55.3 Å². The van der Waals surface area contributed by atoms with Crippen molar-refractivity contribution >= 4 is 5.84 Å². The Morgan fingerprint density at radius 1 is 1.23 bits per heavy atom. The van der Waals surface area contributed by atoms with Crippen LogP contribution in [-0.4, -0.2) is 24.5 Å². The fourth-order valence-corrected chi connectivity index (χ4v) is 2.28. The van der Waals surface area contributed by atoms with Gasteiger partial charge in [0.05, 0.1) is 5.69 Å². The topological polar surface area (TPSA) is 76.5 Å². The summed E-state index contributed by atoms with van der Waals surface area (Å²) in [7, 11) is 0. The van der Waals surface area contributed by atoms with Crippen molar-refractivity contribution in [1.82, 2.24) is 19.4 Å². The van der Waals surface area contributed by atoms with Crippen molar-refractivity contribution in [2.75, 3.05) is 0 Å². The zero-order valence-corrected chi connectivity index (χ0v) is 14.2. The molecule has 0 unspecified atom stereocenters. The molecule has 4 aromatic rings. The normalized spacial score (nSPS) is 10.5. The number of aromatic nitrogens is 4. The van der Waals surface area contributed by atoms with Crippen LogP contribution in [0.1, 0.15) is 0 Å². The number of hydrogen-bond acceptors (Lipinski definition) is 5. The molecule has 4 rings (SSSR count). The number of phenols is 1. The van der Waals surface area contributed by atoms with Crippen molar-refractivity contribution in [2.24, 2.45) is 0 Å². The van der Waals surface area contributed by atoms with Gasteiger partial charge in [-0.1, -0.05) is 18.3 Å². The second-order valence-corrected chi connectivity index (χ2v) is 4.46. The van der Waals surface area contributed by atoms with Crippen LogP contribution >= 0.6 is 0 Å². The van der Waals surface area contributed by atoms with Gasteiger partial charge in [0.15, 0.2) is 0 Å². The second-order valence-electron chi connectivity index (χ2n) is 4.46. The van der Waals surface area contributed by atoms with Gasteiger partial charge in [0.25, 0.3) is 0 Å². The number of phenolic OH excluding ortho intramolecular Hbond substituents is 1. The van der Waals surface area contributed by atoms with E-state index in [1.54, 1.807) is 47.3 Å². The average Bonchev–Trinajstić information content (AvgIpc) is 3.08. The molecule has 22 heavy (non-hydrogen) atoms. The molecule has 1 radical (unpaired) electrons. The number of benzene rings is 1. The Morgan fingerprint density at radius 2 is 2.14 bits per heavy atom. The van der Waals surface area contributed by atoms with E-state index in [9.17, 15) is 5.11 Å². The molecule has 0 bridgehead atoms. The van der Waals surface area contributed by atoms with Crippen molar-refractivity contribution in [3.8, 4) is 28.4 Å². The van der Waals surface area contributed by atoms with Crippen LogP contribution in [-0.2, 0) is 32.7 Å². The molecule has 105 valence electrons. The van der Waals surface area contributed by atoms with Crippen LogP contribution in [0.25, 0.3) is 28.5 Å². The van der Waals surface area contributed by atoms with Crippen LogP contribution in [0.4, 0.5) is 0 Å². The van der Waals surface area contributed by atoms with E-state index >= 15 is 0 Å². The van der Waals surface area contributed by atoms with Crippen LogP contribution in [0.3, 0.4) is 0 Å². The summed E-state index contributed by atoms with van der Waals surface area (Å²) < 4.78 is 7.15. The Hall–Kier alpha value is -2.05. The summed E-state index contributed by atoms with van der Waals surface area (Å²) in [4.78, 5) is 12.4. The number of fused-ring (bicyclic) bond motifs is 1. The Balaban J connectivity index is 0.00000144.